The predicted octanol–water partition coefficient (Wildman–Crippen LogP) is 3.56. The molecule has 0 bridgehead atoms. The van der Waals surface area contributed by atoms with Crippen molar-refractivity contribution in [2.75, 3.05) is 7.11 Å². The Kier molecular flexibility index (Phi) is 3.91. The fourth-order valence-electron chi connectivity index (χ4n) is 3.31. The van der Waals surface area contributed by atoms with Gasteiger partial charge in [0.15, 0.2) is 0 Å². The second-order valence-corrected chi connectivity index (χ2v) is 7.30. The average molecular weight is 383 g/mol. The Morgan fingerprint density at radius 3 is 1.96 bits per heavy atom. The number of rotatable bonds is 3. The molecule has 2 aliphatic heterocycles. The molecule has 2 aliphatic rings. The summed E-state index contributed by atoms with van der Waals surface area (Å²) in [5.74, 6) is 0.235. The van der Waals surface area contributed by atoms with Crippen molar-refractivity contribution in [3.05, 3.63) is 27.7 Å². The third-order valence-electron chi connectivity index (χ3n) is 4.72. The first kappa shape index (κ1) is 16.3. The van der Waals surface area contributed by atoms with Crippen molar-refractivity contribution in [1.82, 2.24) is 0 Å². The Bertz CT molecular complexity index is 686. The molecule has 124 valence electrons. The minimum atomic E-state index is -0.725. The second kappa shape index (κ2) is 5.51. The van der Waals surface area contributed by atoms with Gasteiger partial charge < -0.3 is 14.2 Å². The van der Waals surface area contributed by atoms with Crippen LogP contribution in [0.4, 0.5) is 0 Å². The topological polar surface area (TPSA) is 61.8 Å². The minimum Gasteiger partial charge on any atom is -0.496 e. The molecule has 1 aromatic carbocycles. The molecular weight excluding hydrogens is 364 g/mol. The first-order valence-corrected chi connectivity index (χ1v) is 8.39. The average Bonchev–Trinajstić information content (AvgIpc) is 3.02. The lowest BCUT2D eigenvalue weighted by Crippen LogP contribution is -2.26. The fraction of sp³-hybridized carbons (Fsp3) is 0.529. The number of hydrogen-bond acceptors (Lipinski definition) is 5. The van der Waals surface area contributed by atoms with Gasteiger partial charge in [-0.25, -0.2) is 0 Å². The van der Waals surface area contributed by atoms with Crippen LogP contribution < -0.4 is 4.74 Å². The van der Waals surface area contributed by atoms with Gasteiger partial charge in [-0.05, 0) is 26.0 Å². The maximum atomic E-state index is 11.6. The largest absolute Gasteiger partial charge is 0.496 e. The summed E-state index contributed by atoms with van der Waals surface area (Å²) in [4.78, 5) is 23.2. The van der Waals surface area contributed by atoms with Crippen LogP contribution in [0.5, 0.6) is 5.75 Å². The third kappa shape index (κ3) is 2.73. The van der Waals surface area contributed by atoms with E-state index in [1.807, 2.05) is 26.0 Å². The molecule has 2 heterocycles. The summed E-state index contributed by atoms with van der Waals surface area (Å²) in [6.45, 7) is 3.79. The van der Waals surface area contributed by atoms with Crippen molar-refractivity contribution in [3.8, 4) is 5.75 Å². The van der Waals surface area contributed by atoms with Crippen LogP contribution in [0.3, 0.4) is 0 Å². The molecule has 0 aliphatic carbocycles. The first-order valence-electron chi connectivity index (χ1n) is 7.60. The van der Waals surface area contributed by atoms with Gasteiger partial charge in [0, 0.05) is 41.3 Å². The highest BCUT2D eigenvalue weighted by Gasteiger charge is 2.43. The highest BCUT2D eigenvalue weighted by Crippen LogP contribution is 2.47. The Morgan fingerprint density at radius 2 is 1.52 bits per heavy atom. The molecule has 2 fully saturated rings. The molecule has 5 nitrogen and oxygen atoms in total. The van der Waals surface area contributed by atoms with Crippen molar-refractivity contribution in [1.29, 1.82) is 0 Å². The molecule has 0 aromatic heterocycles. The Morgan fingerprint density at radius 1 is 1.00 bits per heavy atom. The zero-order valence-electron chi connectivity index (χ0n) is 13.4. The lowest BCUT2D eigenvalue weighted by atomic mass is 9.86. The predicted molar refractivity (Wildman–Crippen MR) is 86.1 cm³/mol. The van der Waals surface area contributed by atoms with Crippen molar-refractivity contribution < 1.29 is 23.8 Å². The van der Waals surface area contributed by atoms with E-state index in [1.165, 1.54) is 0 Å². The van der Waals surface area contributed by atoms with E-state index in [2.05, 4.69) is 15.9 Å². The molecule has 2 saturated heterocycles. The lowest BCUT2D eigenvalue weighted by molar-refractivity contribution is -0.148. The molecule has 0 saturated carbocycles. The quantitative estimate of drug-likeness (QED) is 0.747. The van der Waals surface area contributed by atoms with Crippen molar-refractivity contribution in [2.24, 2.45) is 0 Å². The van der Waals surface area contributed by atoms with Gasteiger partial charge in [0.1, 0.15) is 17.0 Å². The number of halogens is 1. The van der Waals surface area contributed by atoms with Crippen LogP contribution >= 0.6 is 15.9 Å². The zero-order valence-corrected chi connectivity index (χ0v) is 15.0. The fourth-order valence-corrected chi connectivity index (χ4v) is 4.05. The van der Waals surface area contributed by atoms with Crippen LogP contribution in [0.15, 0.2) is 16.6 Å². The number of ether oxygens (including phenoxy) is 3. The van der Waals surface area contributed by atoms with E-state index < -0.39 is 11.2 Å². The van der Waals surface area contributed by atoms with E-state index in [0.717, 1.165) is 15.6 Å². The van der Waals surface area contributed by atoms with Crippen LogP contribution in [-0.2, 0) is 30.3 Å². The van der Waals surface area contributed by atoms with E-state index in [0.29, 0.717) is 31.4 Å². The van der Waals surface area contributed by atoms with Crippen LogP contribution in [0.1, 0.15) is 50.7 Å². The van der Waals surface area contributed by atoms with Gasteiger partial charge >= 0.3 is 11.9 Å². The van der Waals surface area contributed by atoms with Crippen LogP contribution in [0, 0.1) is 0 Å². The van der Waals surface area contributed by atoms with Crippen molar-refractivity contribution in [2.45, 2.75) is 50.7 Å². The molecule has 23 heavy (non-hydrogen) atoms. The van der Waals surface area contributed by atoms with Gasteiger partial charge in [-0.3, -0.25) is 9.59 Å². The monoisotopic (exact) mass is 382 g/mol. The van der Waals surface area contributed by atoms with E-state index >= 15 is 0 Å². The number of cyclic esters (lactones) is 2. The SMILES string of the molecule is COc1cc(Br)c(C2(C)CCC(=O)O2)cc1C1(C)CCC(=O)O1. The molecule has 0 N–H and O–H groups in total. The first-order chi connectivity index (χ1) is 10.8. The molecule has 2 unspecified atom stereocenters. The molecule has 2 atom stereocenters. The second-order valence-electron chi connectivity index (χ2n) is 6.44. The van der Waals surface area contributed by atoms with E-state index in [-0.39, 0.29) is 11.9 Å². The summed E-state index contributed by atoms with van der Waals surface area (Å²) in [5, 5.41) is 0. The zero-order chi connectivity index (χ0) is 16.8. The van der Waals surface area contributed by atoms with Crippen LogP contribution in [0.25, 0.3) is 0 Å². The molecule has 6 heteroatoms. The molecule has 1 aromatic rings. The smallest absolute Gasteiger partial charge is 0.306 e. The van der Waals surface area contributed by atoms with Gasteiger partial charge in [-0.15, -0.1) is 0 Å². The summed E-state index contributed by atoms with van der Waals surface area (Å²) >= 11 is 3.55. The van der Waals surface area contributed by atoms with Gasteiger partial charge in [-0.2, -0.15) is 0 Å². The number of hydrogen-bond donors (Lipinski definition) is 0. The standard InChI is InChI=1S/C17H19BrO5/c1-16(6-4-14(19)22-16)10-8-11(13(21-3)9-12(10)18)17(2)7-5-15(20)23-17/h8-9H,4-7H2,1-3H3. The normalized spacial score (nSPS) is 30.3. The number of benzene rings is 1. The van der Waals surface area contributed by atoms with Gasteiger partial charge in [0.2, 0.25) is 0 Å². The molecule has 3 rings (SSSR count). The van der Waals surface area contributed by atoms with Crippen molar-refractivity contribution >= 4 is 27.9 Å². The van der Waals surface area contributed by atoms with Crippen LogP contribution in [0.2, 0.25) is 0 Å². The minimum absolute atomic E-state index is 0.199. The Labute approximate surface area is 143 Å². The maximum Gasteiger partial charge on any atom is 0.306 e. The molecule has 0 amide bonds. The van der Waals surface area contributed by atoms with E-state index in [9.17, 15) is 9.59 Å². The Hall–Kier alpha value is -1.56. The molecule has 0 spiro atoms. The summed E-state index contributed by atoms with van der Waals surface area (Å²) < 4.78 is 17.4. The maximum absolute atomic E-state index is 11.6. The van der Waals surface area contributed by atoms with Crippen LogP contribution in [-0.4, -0.2) is 19.0 Å². The number of carbonyl (C=O) groups is 2. The highest BCUT2D eigenvalue weighted by molar-refractivity contribution is 9.10. The Balaban J connectivity index is 2.11. The summed E-state index contributed by atoms with van der Waals surface area (Å²) in [7, 11) is 1.59. The van der Waals surface area contributed by atoms with Gasteiger partial charge in [0.25, 0.3) is 0 Å². The van der Waals surface area contributed by atoms with E-state index in [1.54, 1.807) is 7.11 Å². The summed E-state index contributed by atoms with van der Waals surface area (Å²) in [6, 6.07) is 3.78. The van der Waals surface area contributed by atoms with E-state index in [4.69, 9.17) is 14.2 Å². The summed E-state index contributed by atoms with van der Waals surface area (Å²) in [6.07, 6.45) is 2.00. The van der Waals surface area contributed by atoms with Gasteiger partial charge in [0.05, 0.1) is 7.11 Å². The summed E-state index contributed by atoms with van der Waals surface area (Å²) in [5.41, 5.74) is 0.254. The number of carbonyl (C=O) groups excluding carboxylic acids is 2. The molecular formula is C17H19BrO5. The number of esters is 2. The third-order valence-corrected chi connectivity index (χ3v) is 5.38. The molecule has 0 radical (unpaired) electrons. The highest BCUT2D eigenvalue weighted by atomic mass is 79.9. The number of methoxy groups -OCH3 is 1. The lowest BCUT2D eigenvalue weighted by Gasteiger charge is -2.30. The van der Waals surface area contributed by atoms with Crippen molar-refractivity contribution in [3.63, 3.8) is 0 Å². The van der Waals surface area contributed by atoms with Gasteiger partial charge in [-0.1, -0.05) is 15.9 Å².